The number of benzene rings is 2. The maximum atomic E-state index is 13.0. The number of aromatic amines is 1. The maximum absolute atomic E-state index is 13.0. The smallest absolute Gasteiger partial charge is 0.227 e. The highest BCUT2D eigenvalue weighted by Crippen LogP contribution is 2.25. The highest BCUT2D eigenvalue weighted by Gasteiger charge is 2.20. The van der Waals surface area contributed by atoms with Crippen molar-refractivity contribution in [1.29, 1.82) is 0 Å². The second-order valence-electron chi connectivity index (χ2n) is 7.06. The number of carbonyl (C=O) groups is 1. The average molecular weight is 334 g/mol. The number of hydrogen-bond acceptors (Lipinski definition) is 1. The van der Waals surface area contributed by atoms with E-state index in [9.17, 15) is 4.79 Å². The van der Waals surface area contributed by atoms with Crippen molar-refractivity contribution in [2.45, 2.75) is 46.7 Å². The highest BCUT2D eigenvalue weighted by atomic mass is 16.2. The molecule has 2 aromatic carbocycles. The van der Waals surface area contributed by atoms with Crippen molar-refractivity contribution in [1.82, 2.24) is 9.88 Å². The van der Waals surface area contributed by atoms with Gasteiger partial charge in [0, 0.05) is 29.2 Å². The van der Waals surface area contributed by atoms with Crippen LogP contribution in [0.2, 0.25) is 0 Å². The summed E-state index contributed by atoms with van der Waals surface area (Å²) in [6.45, 7) is 8.94. The van der Waals surface area contributed by atoms with Gasteiger partial charge in [0.25, 0.3) is 0 Å². The first kappa shape index (κ1) is 17.3. The molecule has 1 N–H and O–H groups in total. The van der Waals surface area contributed by atoms with Crippen molar-refractivity contribution in [2.75, 3.05) is 0 Å². The molecule has 25 heavy (non-hydrogen) atoms. The zero-order valence-electron chi connectivity index (χ0n) is 15.5. The minimum Gasteiger partial charge on any atom is -0.358 e. The number of nitrogens with one attached hydrogen (secondary N) is 1. The Morgan fingerprint density at radius 2 is 1.80 bits per heavy atom. The van der Waals surface area contributed by atoms with E-state index in [4.69, 9.17) is 0 Å². The summed E-state index contributed by atoms with van der Waals surface area (Å²) in [4.78, 5) is 18.4. The molecule has 0 bridgehead atoms. The van der Waals surface area contributed by atoms with Crippen LogP contribution >= 0.6 is 0 Å². The van der Waals surface area contributed by atoms with E-state index in [0.717, 1.165) is 27.7 Å². The Morgan fingerprint density at radius 1 is 1.08 bits per heavy atom. The largest absolute Gasteiger partial charge is 0.358 e. The third-order valence-electron chi connectivity index (χ3n) is 4.74. The molecule has 0 radical (unpaired) electrons. The summed E-state index contributed by atoms with van der Waals surface area (Å²) in [5.41, 5.74) is 5.67. The molecule has 0 saturated carbocycles. The van der Waals surface area contributed by atoms with Gasteiger partial charge in [0.15, 0.2) is 0 Å². The van der Waals surface area contributed by atoms with Gasteiger partial charge in [0.1, 0.15) is 0 Å². The van der Waals surface area contributed by atoms with E-state index in [1.807, 2.05) is 23.1 Å². The monoisotopic (exact) mass is 334 g/mol. The minimum atomic E-state index is 0.167. The van der Waals surface area contributed by atoms with Crippen LogP contribution in [0.3, 0.4) is 0 Å². The molecular weight excluding hydrogens is 308 g/mol. The molecular formula is C22H26N2O. The van der Waals surface area contributed by atoms with E-state index >= 15 is 0 Å². The van der Waals surface area contributed by atoms with Gasteiger partial charge < -0.3 is 9.88 Å². The second kappa shape index (κ2) is 7.14. The number of amides is 1. The van der Waals surface area contributed by atoms with E-state index < -0.39 is 0 Å². The lowest BCUT2D eigenvalue weighted by atomic mass is 10.0. The highest BCUT2D eigenvalue weighted by molar-refractivity contribution is 5.90. The lowest BCUT2D eigenvalue weighted by Crippen LogP contribution is -2.37. The Bertz CT molecular complexity index is 878. The molecule has 0 aliphatic carbocycles. The second-order valence-corrected chi connectivity index (χ2v) is 7.06. The Morgan fingerprint density at radius 3 is 2.48 bits per heavy atom. The zero-order valence-corrected chi connectivity index (χ0v) is 15.5. The summed E-state index contributed by atoms with van der Waals surface area (Å²) in [7, 11) is 0. The number of fused-ring (bicyclic) bond motifs is 1. The van der Waals surface area contributed by atoms with Crippen LogP contribution in [0.5, 0.6) is 0 Å². The molecule has 0 spiro atoms. The predicted octanol–water partition coefficient (Wildman–Crippen LogP) is 4.76. The van der Waals surface area contributed by atoms with Crippen LogP contribution in [-0.4, -0.2) is 21.8 Å². The minimum absolute atomic E-state index is 0.167. The fraction of sp³-hybridized carbons (Fsp3) is 0.318. The number of H-pyrrole nitrogens is 1. The standard InChI is InChI=1S/C22H26N2O/c1-15(2)24(14-18-8-6-5-7-9-18)22(25)13-19-17(4)23-21-11-10-16(3)12-20(19)21/h5-12,15,23H,13-14H2,1-4H3. The van der Waals surface area contributed by atoms with Crippen LogP contribution < -0.4 is 0 Å². The molecule has 130 valence electrons. The van der Waals surface area contributed by atoms with Gasteiger partial charge in [-0.15, -0.1) is 0 Å². The van der Waals surface area contributed by atoms with Gasteiger partial charge in [0.2, 0.25) is 5.91 Å². The normalized spacial score (nSPS) is 11.2. The van der Waals surface area contributed by atoms with Crippen LogP contribution in [0.15, 0.2) is 48.5 Å². The summed E-state index contributed by atoms with van der Waals surface area (Å²) in [5, 5.41) is 1.16. The molecule has 1 heterocycles. The maximum Gasteiger partial charge on any atom is 0.227 e. The van der Waals surface area contributed by atoms with Crippen molar-refractivity contribution >= 4 is 16.8 Å². The molecule has 3 rings (SSSR count). The molecule has 0 aliphatic rings. The first-order valence-electron chi connectivity index (χ1n) is 8.87. The predicted molar refractivity (Wildman–Crippen MR) is 104 cm³/mol. The first-order valence-corrected chi connectivity index (χ1v) is 8.87. The first-order chi connectivity index (χ1) is 12.0. The van der Waals surface area contributed by atoms with Crippen molar-refractivity contribution in [3.05, 3.63) is 70.9 Å². The van der Waals surface area contributed by atoms with Gasteiger partial charge >= 0.3 is 0 Å². The van der Waals surface area contributed by atoms with Crippen molar-refractivity contribution in [2.24, 2.45) is 0 Å². The molecule has 0 atom stereocenters. The summed E-state index contributed by atoms with van der Waals surface area (Å²) in [5.74, 6) is 0.171. The molecule has 3 heteroatoms. The molecule has 1 aromatic heterocycles. The molecule has 0 aliphatic heterocycles. The van der Waals surface area contributed by atoms with Gasteiger partial charge in [-0.2, -0.15) is 0 Å². The van der Waals surface area contributed by atoms with Crippen LogP contribution in [0.1, 0.15) is 36.2 Å². The van der Waals surface area contributed by atoms with E-state index in [1.54, 1.807) is 0 Å². The van der Waals surface area contributed by atoms with Gasteiger partial charge in [0.05, 0.1) is 6.42 Å². The van der Waals surface area contributed by atoms with Crippen molar-refractivity contribution in [3.63, 3.8) is 0 Å². The number of rotatable bonds is 5. The fourth-order valence-corrected chi connectivity index (χ4v) is 3.32. The lowest BCUT2D eigenvalue weighted by molar-refractivity contribution is -0.132. The van der Waals surface area contributed by atoms with Crippen LogP contribution in [0, 0.1) is 13.8 Å². The number of nitrogens with zero attached hydrogens (tertiary/aromatic N) is 1. The Hall–Kier alpha value is -2.55. The molecule has 0 unspecified atom stereocenters. The van der Waals surface area contributed by atoms with Crippen molar-refractivity contribution < 1.29 is 4.79 Å². The Labute approximate surface area is 149 Å². The number of carbonyl (C=O) groups excluding carboxylic acids is 1. The lowest BCUT2D eigenvalue weighted by Gasteiger charge is -2.27. The molecule has 1 amide bonds. The zero-order chi connectivity index (χ0) is 18.0. The molecule has 0 fully saturated rings. The number of aromatic nitrogens is 1. The van der Waals surface area contributed by atoms with Crippen LogP contribution in [0.25, 0.3) is 10.9 Å². The fourth-order valence-electron chi connectivity index (χ4n) is 3.32. The number of hydrogen-bond donors (Lipinski definition) is 1. The van der Waals surface area contributed by atoms with Gasteiger partial charge in [-0.25, -0.2) is 0 Å². The van der Waals surface area contributed by atoms with Crippen molar-refractivity contribution in [3.8, 4) is 0 Å². The van der Waals surface area contributed by atoms with Crippen LogP contribution in [0.4, 0.5) is 0 Å². The Balaban J connectivity index is 1.87. The van der Waals surface area contributed by atoms with E-state index in [1.165, 1.54) is 5.56 Å². The number of aryl methyl sites for hydroxylation is 2. The third kappa shape index (κ3) is 3.76. The van der Waals surface area contributed by atoms with Crippen LogP contribution in [-0.2, 0) is 17.8 Å². The third-order valence-corrected chi connectivity index (χ3v) is 4.74. The summed E-state index contributed by atoms with van der Waals surface area (Å²) < 4.78 is 0. The average Bonchev–Trinajstić information content (AvgIpc) is 2.88. The molecule has 0 saturated heterocycles. The Kier molecular flexibility index (Phi) is 4.93. The van der Waals surface area contributed by atoms with Gasteiger partial charge in [-0.1, -0.05) is 42.0 Å². The summed E-state index contributed by atoms with van der Waals surface area (Å²) in [6, 6.07) is 16.7. The summed E-state index contributed by atoms with van der Waals surface area (Å²) >= 11 is 0. The van der Waals surface area contributed by atoms with Gasteiger partial charge in [-0.05, 0) is 51.0 Å². The van der Waals surface area contributed by atoms with Gasteiger partial charge in [-0.3, -0.25) is 4.79 Å². The summed E-state index contributed by atoms with van der Waals surface area (Å²) in [6.07, 6.45) is 0.431. The molecule has 3 nitrogen and oxygen atoms in total. The quantitative estimate of drug-likeness (QED) is 0.717. The SMILES string of the molecule is Cc1ccc2[nH]c(C)c(CC(=O)N(Cc3ccccc3)C(C)C)c2c1. The van der Waals surface area contributed by atoms with E-state index in [-0.39, 0.29) is 11.9 Å². The van der Waals surface area contributed by atoms with E-state index in [0.29, 0.717) is 13.0 Å². The topological polar surface area (TPSA) is 36.1 Å². The molecule has 3 aromatic rings. The van der Waals surface area contributed by atoms with E-state index in [2.05, 4.69) is 63.0 Å².